The van der Waals surface area contributed by atoms with E-state index in [-0.39, 0.29) is 12.1 Å². The molecule has 6 nitrogen and oxygen atoms in total. The number of pyridine rings is 1. The summed E-state index contributed by atoms with van der Waals surface area (Å²) in [5.41, 5.74) is 5.08. The average molecular weight is 414 g/mol. The van der Waals surface area contributed by atoms with Crippen molar-refractivity contribution in [3.8, 4) is 5.75 Å². The molecule has 2 aliphatic rings. The second kappa shape index (κ2) is 6.71. The standard InChI is InChI=1S/C23H16ClN5O/c24-16-9-7-14(8-10-16)22-19-20(17-5-1-2-6-18(17)30-22)28-23-26-13-27-29(23)21(19)15-4-3-11-25-12-15/h1-13,21-22H,(H,26,27,28)/t21-,22-/m1/s1. The molecule has 2 aliphatic heterocycles. The van der Waals surface area contributed by atoms with Gasteiger partial charge in [-0.25, -0.2) is 4.68 Å². The van der Waals surface area contributed by atoms with Gasteiger partial charge in [0.05, 0.1) is 5.70 Å². The number of benzene rings is 2. The number of anilines is 1. The Balaban J connectivity index is 1.63. The summed E-state index contributed by atoms with van der Waals surface area (Å²) in [4.78, 5) is 8.78. The molecule has 2 aromatic heterocycles. The van der Waals surface area contributed by atoms with Crippen molar-refractivity contribution in [2.75, 3.05) is 5.32 Å². The Morgan fingerprint density at radius 1 is 0.967 bits per heavy atom. The Hall–Kier alpha value is -3.64. The Labute approximate surface area is 177 Å². The van der Waals surface area contributed by atoms with Gasteiger partial charge in [-0.2, -0.15) is 10.1 Å². The zero-order valence-electron chi connectivity index (χ0n) is 15.7. The van der Waals surface area contributed by atoms with Gasteiger partial charge in [-0.15, -0.1) is 0 Å². The Bertz CT molecular complexity index is 1270. The Kier molecular flexibility index (Phi) is 3.86. The number of nitrogens with zero attached hydrogens (tertiary/aromatic N) is 4. The molecule has 0 saturated carbocycles. The van der Waals surface area contributed by atoms with Crippen molar-refractivity contribution in [2.45, 2.75) is 12.1 Å². The van der Waals surface area contributed by atoms with Crippen LogP contribution in [-0.2, 0) is 0 Å². The molecule has 0 bridgehead atoms. The molecule has 0 saturated heterocycles. The third kappa shape index (κ3) is 2.61. The van der Waals surface area contributed by atoms with E-state index in [0.29, 0.717) is 11.0 Å². The van der Waals surface area contributed by atoms with E-state index in [2.05, 4.69) is 32.5 Å². The molecule has 30 heavy (non-hydrogen) atoms. The van der Waals surface area contributed by atoms with Crippen LogP contribution in [-0.4, -0.2) is 19.7 Å². The number of para-hydroxylation sites is 1. The van der Waals surface area contributed by atoms with Crippen molar-refractivity contribution >= 4 is 23.2 Å². The smallest absolute Gasteiger partial charge is 0.226 e. The minimum Gasteiger partial charge on any atom is -0.480 e. The first-order valence-corrected chi connectivity index (χ1v) is 9.99. The lowest BCUT2D eigenvalue weighted by Crippen LogP contribution is -2.32. The highest BCUT2D eigenvalue weighted by atomic mass is 35.5. The number of halogens is 1. The number of ether oxygens (including phenoxy) is 1. The highest BCUT2D eigenvalue weighted by molar-refractivity contribution is 6.30. The topological polar surface area (TPSA) is 64.9 Å². The number of hydrogen-bond acceptors (Lipinski definition) is 5. The van der Waals surface area contributed by atoms with Crippen LogP contribution in [0, 0.1) is 0 Å². The van der Waals surface area contributed by atoms with Gasteiger partial charge in [0.2, 0.25) is 5.95 Å². The monoisotopic (exact) mass is 413 g/mol. The lowest BCUT2D eigenvalue weighted by molar-refractivity contribution is 0.223. The predicted octanol–water partition coefficient (Wildman–Crippen LogP) is 4.89. The Morgan fingerprint density at radius 2 is 1.83 bits per heavy atom. The van der Waals surface area contributed by atoms with Crippen LogP contribution in [0.1, 0.15) is 28.8 Å². The van der Waals surface area contributed by atoms with Gasteiger partial charge in [-0.05, 0) is 41.5 Å². The summed E-state index contributed by atoms with van der Waals surface area (Å²) in [7, 11) is 0. The van der Waals surface area contributed by atoms with Gasteiger partial charge in [-0.1, -0.05) is 41.9 Å². The van der Waals surface area contributed by atoms with Crippen LogP contribution in [0.25, 0.3) is 5.70 Å². The zero-order valence-corrected chi connectivity index (χ0v) is 16.5. The van der Waals surface area contributed by atoms with Crippen LogP contribution in [0.2, 0.25) is 5.02 Å². The third-order valence-electron chi connectivity index (χ3n) is 5.49. The normalized spacial score (nSPS) is 19.2. The van der Waals surface area contributed by atoms with Crippen molar-refractivity contribution in [3.05, 3.63) is 107 Å². The predicted molar refractivity (Wildman–Crippen MR) is 114 cm³/mol. The molecule has 0 radical (unpaired) electrons. The first-order valence-electron chi connectivity index (χ1n) is 9.61. The number of nitrogens with one attached hydrogen (secondary N) is 1. The molecule has 6 rings (SSSR count). The molecule has 4 heterocycles. The highest BCUT2D eigenvalue weighted by Gasteiger charge is 2.40. The van der Waals surface area contributed by atoms with Crippen LogP contribution in [0.3, 0.4) is 0 Å². The van der Waals surface area contributed by atoms with Crippen molar-refractivity contribution < 1.29 is 4.74 Å². The molecule has 0 spiro atoms. The molecular weight excluding hydrogens is 398 g/mol. The van der Waals surface area contributed by atoms with Gasteiger partial charge in [0, 0.05) is 28.6 Å². The lowest BCUT2D eigenvalue weighted by Gasteiger charge is -2.38. The van der Waals surface area contributed by atoms with E-state index >= 15 is 0 Å². The van der Waals surface area contributed by atoms with Gasteiger partial charge in [0.1, 0.15) is 24.2 Å². The van der Waals surface area contributed by atoms with E-state index in [1.54, 1.807) is 12.5 Å². The number of fused-ring (bicyclic) bond motifs is 3. The molecule has 2 aromatic carbocycles. The SMILES string of the molecule is Clc1ccc([C@H]2Oc3ccccc3C3=C2[C@@H](c2cccnc2)n2ncnc2N3)cc1. The summed E-state index contributed by atoms with van der Waals surface area (Å²) in [5.74, 6) is 1.51. The number of rotatable bonds is 2. The summed E-state index contributed by atoms with van der Waals surface area (Å²) in [6.45, 7) is 0. The second-order valence-electron chi connectivity index (χ2n) is 7.22. The molecule has 1 N–H and O–H groups in total. The summed E-state index contributed by atoms with van der Waals surface area (Å²) in [5, 5.41) is 8.68. The van der Waals surface area contributed by atoms with Crippen LogP contribution >= 0.6 is 11.6 Å². The molecule has 146 valence electrons. The van der Waals surface area contributed by atoms with Crippen molar-refractivity contribution in [1.29, 1.82) is 0 Å². The van der Waals surface area contributed by atoms with Crippen LogP contribution < -0.4 is 10.1 Å². The minimum absolute atomic E-state index is 0.207. The maximum Gasteiger partial charge on any atom is 0.226 e. The van der Waals surface area contributed by atoms with Crippen LogP contribution in [0.5, 0.6) is 5.75 Å². The van der Waals surface area contributed by atoms with E-state index < -0.39 is 0 Å². The zero-order chi connectivity index (χ0) is 20.1. The van der Waals surface area contributed by atoms with E-state index in [9.17, 15) is 0 Å². The largest absolute Gasteiger partial charge is 0.480 e. The van der Waals surface area contributed by atoms with Gasteiger partial charge >= 0.3 is 0 Å². The number of hydrogen-bond donors (Lipinski definition) is 1. The molecule has 4 aromatic rings. The van der Waals surface area contributed by atoms with Crippen LogP contribution in [0.15, 0.2) is 85.0 Å². The van der Waals surface area contributed by atoms with E-state index in [1.807, 2.05) is 59.4 Å². The van der Waals surface area contributed by atoms with E-state index in [1.165, 1.54) is 0 Å². The molecule has 2 atom stereocenters. The Morgan fingerprint density at radius 3 is 2.67 bits per heavy atom. The fourth-order valence-corrected chi connectivity index (χ4v) is 4.31. The molecular formula is C23H16ClN5O. The molecule has 0 aliphatic carbocycles. The van der Waals surface area contributed by atoms with E-state index in [0.717, 1.165) is 33.7 Å². The summed E-state index contributed by atoms with van der Waals surface area (Å²) in [6, 6.07) is 19.6. The van der Waals surface area contributed by atoms with Gasteiger partial charge in [0.15, 0.2) is 0 Å². The van der Waals surface area contributed by atoms with Crippen molar-refractivity contribution in [3.63, 3.8) is 0 Å². The maximum atomic E-state index is 6.55. The fraction of sp³-hybridized carbons (Fsp3) is 0.0870. The molecule has 0 fully saturated rings. The third-order valence-corrected chi connectivity index (χ3v) is 5.75. The average Bonchev–Trinajstić information content (AvgIpc) is 3.26. The minimum atomic E-state index is -0.317. The summed E-state index contributed by atoms with van der Waals surface area (Å²) >= 11 is 6.15. The van der Waals surface area contributed by atoms with Gasteiger partial charge in [-0.3, -0.25) is 4.98 Å². The fourth-order valence-electron chi connectivity index (χ4n) is 4.19. The first-order chi connectivity index (χ1) is 14.8. The van der Waals surface area contributed by atoms with Crippen molar-refractivity contribution in [2.24, 2.45) is 0 Å². The van der Waals surface area contributed by atoms with Gasteiger partial charge in [0.25, 0.3) is 0 Å². The molecule has 0 unspecified atom stereocenters. The summed E-state index contributed by atoms with van der Waals surface area (Å²) < 4.78 is 8.43. The van der Waals surface area contributed by atoms with Crippen LogP contribution in [0.4, 0.5) is 5.95 Å². The maximum absolute atomic E-state index is 6.55. The highest BCUT2D eigenvalue weighted by Crippen LogP contribution is 2.50. The first kappa shape index (κ1) is 17.2. The second-order valence-corrected chi connectivity index (χ2v) is 7.65. The van der Waals surface area contributed by atoms with Gasteiger partial charge < -0.3 is 10.1 Å². The molecule has 7 heteroatoms. The lowest BCUT2D eigenvalue weighted by atomic mass is 9.85. The summed E-state index contributed by atoms with van der Waals surface area (Å²) in [6.07, 6.45) is 4.88. The van der Waals surface area contributed by atoms with Crippen molar-refractivity contribution in [1.82, 2.24) is 19.7 Å². The molecule has 0 amide bonds. The number of aromatic nitrogens is 4. The van der Waals surface area contributed by atoms with E-state index in [4.69, 9.17) is 16.3 Å². The quantitative estimate of drug-likeness (QED) is 0.507.